The molecule has 1 heterocycles. The van der Waals surface area contributed by atoms with Gasteiger partial charge in [-0.25, -0.2) is 0 Å². The summed E-state index contributed by atoms with van der Waals surface area (Å²) in [5.41, 5.74) is 1.02. The number of aromatic nitrogens is 1. The molecule has 0 spiro atoms. The van der Waals surface area contributed by atoms with Gasteiger partial charge in [-0.1, -0.05) is 19.3 Å². The Labute approximate surface area is 82.2 Å². The second kappa shape index (κ2) is 6.27. The third-order valence-electron chi connectivity index (χ3n) is 0.910. The van der Waals surface area contributed by atoms with E-state index in [4.69, 9.17) is 11.6 Å². The Hall–Kier alpha value is 0.543. The van der Waals surface area contributed by atoms with Crippen molar-refractivity contribution in [1.29, 1.82) is 0 Å². The van der Waals surface area contributed by atoms with Gasteiger partial charge in [-0.15, -0.1) is 17.2 Å². The molecule has 0 radical (unpaired) electrons. The number of halogens is 2. The van der Waals surface area contributed by atoms with Crippen LogP contribution in [-0.4, -0.2) is 4.98 Å². The maximum atomic E-state index is 5.63. The van der Waals surface area contributed by atoms with Crippen molar-refractivity contribution in [2.24, 2.45) is 0 Å². The molecule has 0 fully saturated rings. The predicted molar refractivity (Wildman–Crippen MR) is 41.7 cm³/mol. The Morgan fingerprint density at radius 3 is 2.60 bits per heavy atom. The van der Waals surface area contributed by atoms with Crippen LogP contribution >= 0.6 is 25.2 Å². The number of nitrogens with zero attached hydrogens (tertiary/aromatic N) is 1. The van der Waals surface area contributed by atoms with E-state index in [1.807, 2.05) is 6.92 Å². The molecule has 0 aliphatic heterocycles. The first kappa shape index (κ1) is 10.5. The van der Waals surface area contributed by atoms with Crippen molar-refractivity contribution in [3.8, 4) is 0 Å². The average molecular weight is 272 g/mol. The fourth-order valence-electron chi connectivity index (χ4n) is 0.399. The zero-order valence-electron chi connectivity index (χ0n) is 5.56. The van der Waals surface area contributed by atoms with Crippen LogP contribution in [0.1, 0.15) is 5.56 Å². The molecule has 10 heavy (non-hydrogen) atoms. The topological polar surface area (TPSA) is 12.9 Å². The van der Waals surface area contributed by atoms with Crippen molar-refractivity contribution in [3.63, 3.8) is 0 Å². The third kappa shape index (κ3) is 3.65. The van der Waals surface area contributed by atoms with Crippen LogP contribution in [0.3, 0.4) is 0 Å². The fraction of sp³-hybridized carbons (Fsp3) is 0.167. The van der Waals surface area contributed by atoms with Crippen LogP contribution < -0.4 is 0 Å². The van der Waals surface area contributed by atoms with Crippen molar-refractivity contribution >= 4 is 25.2 Å². The number of aryl methyl sites for hydroxylation is 1. The fourth-order valence-corrected chi connectivity index (χ4v) is 0.502. The van der Waals surface area contributed by atoms with E-state index in [0.29, 0.717) is 5.02 Å². The number of hydrogen-bond donors (Lipinski definition) is 0. The van der Waals surface area contributed by atoms with Crippen LogP contribution in [0.4, 0.5) is 0 Å². The third-order valence-corrected chi connectivity index (χ3v) is 1.31. The molecule has 1 aromatic heterocycles. The second-order valence-corrected chi connectivity index (χ2v) is 1.97. The molecule has 0 atom stereocenters. The van der Waals surface area contributed by atoms with Crippen LogP contribution in [0.15, 0.2) is 12.3 Å². The molecule has 1 nitrogen and oxygen atoms in total. The quantitative estimate of drug-likeness (QED) is 0.522. The minimum absolute atomic E-state index is 0.698. The van der Waals surface area contributed by atoms with Crippen molar-refractivity contribution in [2.45, 2.75) is 6.92 Å². The van der Waals surface area contributed by atoms with Gasteiger partial charge in [-0.3, -0.25) is 0 Å². The Kier molecular flexibility index (Phi) is 6.61. The Morgan fingerprint density at radius 1 is 1.70 bits per heavy atom. The first-order valence-electron chi connectivity index (χ1n) is 2.55. The van der Waals surface area contributed by atoms with Crippen molar-refractivity contribution < 1.29 is 16.3 Å². The molecule has 1 rings (SSSR count). The van der Waals surface area contributed by atoms with Gasteiger partial charge in [0.2, 0.25) is 0 Å². The molecule has 0 amide bonds. The van der Waals surface area contributed by atoms with E-state index in [0.717, 1.165) is 5.56 Å². The Balaban J connectivity index is 0.000000371. The molecule has 0 aliphatic rings. The summed E-state index contributed by atoms with van der Waals surface area (Å²) in [6.07, 6.45) is 4.25. The van der Waals surface area contributed by atoms with Crippen LogP contribution in [0.5, 0.6) is 0 Å². The van der Waals surface area contributed by atoms with Gasteiger partial charge in [0.05, 0.1) is 0 Å². The van der Waals surface area contributed by atoms with Crippen LogP contribution in [0.2, 0.25) is 5.02 Å². The van der Waals surface area contributed by atoms with E-state index in [9.17, 15) is 0 Å². The van der Waals surface area contributed by atoms with Gasteiger partial charge in [0.25, 0.3) is 0 Å². The van der Waals surface area contributed by atoms with Crippen molar-refractivity contribution in [1.82, 2.24) is 4.98 Å². The van der Waals surface area contributed by atoms with E-state index in [1.54, 1.807) is 12.3 Å². The normalized spacial score (nSPS) is 8.10. The van der Waals surface area contributed by atoms with Crippen molar-refractivity contribution in [2.75, 3.05) is 0 Å². The van der Waals surface area contributed by atoms with E-state index < -0.39 is 0 Å². The molecule has 50 valence electrons. The second-order valence-electron chi connectivity index (χ2n) is 1.56. The molecular formula is C6H5BrClNZn. The van der Waals surface area contributed by atoms with E-state index in [1.165, 1.54) is 16.3 Å². The molecule has 0 unspecified atom stereocenters. The maximum absolute atomic E-state index is 5.63. The van der Waals surface area contributed by atoms with E-state index in [2.05, 4.69) is 24.8 Å². The SMILES string of the molecule is Cc1c[c-]ncc1Cl.[Zn+][Br]. The molecule has 0 saturated carbocycles. The van der Waals surface area contributed by atoms with E-state index >= 15 is 0 Å². The summed E-state index contributed by atoms with van der Waals surface area (Å²) < 4.78 is 0. The van der Waals surface area contributed by atoms with Crippen LogP contribution in [0.25, 0.3) is 0 Å². The molecule has 0 bridgehead atoms. The summed E-state index contributed by atoms with van der Waals surface area (Å²) in [7, 11) is 0. The van der Waals surface area contributed by atoms with Gasteiger partial charge in [0.1, 0.15) is 0 Å². The van der Waals surface area contributed by atoms with Gasteiger partial charge in [0.15, 0.2) is 0 Å². The number of pyridine rings is 1. The molecular weight excluding hydrogens is 267 g/mol. The van der Waals surface area contributed by atoms with E-state index in [-0.39, 0.29) is 0 Å². The monoisotopic (exact) mass is 269 g/mol. The average Bonchev–Trinajstić information content (AvgIpc) is 2.00. The molecule has 4 heteroatoms. The standard InChI is InChI=1S/C6H5ClN.BrH.Zn/c1-5-2-3-8-4-6(5)7;;/h2,4H,1H3;1H;/q-1;;+2/p-1. The summed E-state index contributed by atoms with van der Waals surface area (Å²) in [6, 6.07) is 1.75. The van der Waals surface area contributed by atoms with Crippen LogP contribution in [0, 0.1) is 13.1 Å². The van der Waals surface area contributed by atoms with Crippen LogP contribution in [-0.2, 0) is 16.3 Å². The first-order chi connectivity index (χ1) is 4.80. The number of hydrogen-bond acceptors (Lipinski definition) is 1. The Morgan fingerprint density at radius 2 is 2.30 bits per heavy atom. The summed E-state index contributed by atoms with van der Waals surface area (Å²) in [5.74, 6) is 0. The Bertz CT molecular complexity index is 174. The predicted octanol–water partition coefficient (Wildman–Crippen LogP) is 2.69. The van der Waals surface area contributed by atoms with Gasteiger partial charge in [-0.2, -0.15) is 6.07 Å². The molecule has 0 saturated heterocycles. The molecule has 0 aromatic carbocycles. The zero-order chi connectivity index (χ0) is 7.98. The van der Waals surface area contributed by atoms with Crippen molar-refractivity contribution in [3.05, 3.63) is 29.0 Å². The summed E-state index contributed by atoms with van der Waals surface area (Å²) >= 11 is 9.88. The van der Waals surface area contributed by atoms with Gasteiger partial charge in [0, 0.05) is 0 Å². The molecule has 1 aromatic rings. The zero-order valence-corrected chi connectivity index (χ0v) is 10.9. The summed E-state index contributed by atoms with van der Waals surface area (Å²) in [5, 5.41) is 0.698. The van der Waals surface area contributed by atoms with Gasteiger partial charge < -0.3 is 4.98 Å². The summed E-state index contributed by atoms with van der Waals surface area (Å²) in [4.78, 5) is 3.69. The van der Waals surface area contributed by atoms with Gasteiger partial charge in [-0.05, 0) is 5.02 Å². The van der Waals surface area contributed by atoms with Gasteiger partial charge >= 0.3 is 30.0 Å². The molecule has 0 aliphatic carbocycles. The number of rotatable bonds is 0. The molecule has 0 N–H and O–H groups in total. The minimum atomic E-state index is 0.698. The summed E-state index contributed by atoms with van der Waals surface area (Å²) in [6.45, 7) is 1.92. The first-order valence-corrected chi connectivity index (χ1v) is 9.88.